The summed E-state index contributed by atoms with van der Waals surface area (Å²) in [6.07, 6.45) is 4.98. The summed E-state index contributed by atoms with van der Waals surface area (Å²) in [4.78, 5) is 0. The van der Waals surface area contributed by atoms with E-state index >= 15 is 0 Å². The Balaban J connectivity index is 1.86. The van der Waals surface area contributed by atoms with Crippen LogP contribution in [0.15, 0.2) is 0 Å². The molecule has 1 aliphatic carbocycles. The number of nitrogens with one attached hydrogen (secondary N) is 1. The van der Waals surface area contributed by atoms with Gasteiger partial charge in [0.1, 0.15) is 0 Å². The molecule has 0 spiro atoms. The first-order valence-electron chi connectivity index (χ1n) is 4.21. The van der Waals surface area contributed by atoms with Crippen LogP contribution in [0.4, 0.5) is 4.39 Å². The van der Waals surface area contributed by atoms with Crippen LogP contribution in [0.3, 0.4) is 0 Å². The van der Waals surface area contributed by atoms with Crippen LogP contribution in [-0.4, -0.2) is 12.3 Å². The van der Waals surface area contributed by atoms with Gasteiger partial charge in [-0.3, -0.25) is 5.32 Å². The predicted octanol–water partition coefficient (Wildman–Crippen LogP) is 2.23. The third-order valence-electron chi connectivity index (χ3n) is 1.91. The molecule has 10 heavy (non-hydrogen) atoms. The smallest absolute Gasteiger partial charge is 0.162 e. The standard InChI is InChI=1S/C8H16FN/c1-2-3-4-7-10-8(9)5-6-8/h10H,2-7H2,1H3. The molecule has 1 fully saturated rings. The Morgan fingerprint density at radius 3 is 2.60 bits per heavy atom. The van der Waals surface area contributed by atoms with Crippen LogP contribution in [-0.2, 0) is 0 Å². The fourth-order valence-corrected chi connectivity index (χ4v) is 0.974. The van der Waals surface area contributed by atoms with Gasteiger partial charge in [-0.05, 0) is 25.8 Å². The second kappa shape index (κ2) is 3.33. The molecular weight excluding hydrogens is 129 g/mol. The van der Waals surface area contributed by atoms with Crippen LogP contribution >= 0.6 is 0 Å². The fraction of sp³-hybridized carbons (Fsp3) is 1.00. The number of unbranched alkanes of at least 4 members (excludes halogenated alkanes) is 2. The average Bonchev–Trinajstić information content (AvgIpc) is 2.62. The zero-order chi connectivity index (χ0) is 7.45. The molecule has 1 saturated carbocycles. The lowest BCUT2D eigenvalue weighted by molar-refractivity contribution is 0.247. The zero-order valence-corrected chi connectivity index (χ0v) is 6.62. The zero-order valence-electron chi connectivity index (χ0n) is 6.62. The molecule has 1 nitrogen and oxygen atoms in total. The van der Waals surface area contributed by atoms with Crippen LogP contribution in [0.5, 0.6) is 0 Å². The van der Waals surface area contributed by atoms with Gasteiger partial charge in [0.05, 0.1) is 0 Å². The molecule has 0 atom stereocenters. The Hall–Kier alpha value is -0.110. The molecule has 0 aromatic heterocycles. The Morgan fingerprint density at radius 1 is 1.40 bits per heavy atom. The molecule has 0 amide bonds. The normalized spacial score (nSPS) is 21.0. The quantitative estimate of drug-likeness (QED) is 0.462. The van der Waals surface area contributed by atoms with Gasteiger partial charge >= 0.3 is 0 Å². The molecule has 0 radical (unpaired) electrons. The monoisotopic (exact) mass is 145 g/mol. The van der Waals surface area contributed by atoms with E-state index in [1.165, 1.54) is 12.8 Å². The van der Waals surface area contributed by atoms with E-state index in [0.29, 0.717) is 0 Å². The molecular formula is C8H16FN. The molecule has 0 unspecified atom stereocenters. The van der Waals surface area contributed by atoms with Crippen molar-refractivity contribution in [2.75, 3.05) is 6.54 Å². The van der Waals surface area contributed by atoms with Crippen molar-refractivity contribution < 1.29 is 4.39 Å². The van der Waals surface area contributed by atoms with Crippen molar-refractivity contribution in [3.8, 4) is 0 Å². The van der Waals surface area contributed by atoms with Crippen LogP contribution in [0.1, 0.15) is 39.0 Å². The summed E-state index contributed by atoms with van der Waals surface area (Å²) in [6, 6.07) is 0. The van der Waals surface area contributed by atoms with Gasteiger partial charge in [-0.15, -0.1) is 0 Å². The summed E-state index contributed by atoms with van der Waals surface area (Å²) < 4.78 is 12.8. The van der Waals surface area contributed by atoms with Crippen molar-refractivity contribution >= 4 is 0 Å². The van der Waals surface area contributed by atoms with E-state index in [9.17, 15) is 4.39 Å². The van der Waals surface area contributed by atoms with Gasteiger partial charge in [-0.1, -0.05) is 19.8 Å². The van der Waals surface area contributed by atoms with E-state index in [1.807, 2.05) is 0 Å². The SMILES string of the molecule is CCCCCNC1(F)CC1. The molecule has 1 N–H and O–H groups in total. The van der Waals surface area contributed by atoms with E-state index in [4.69, 9.17) is 0 Å². The van der Waals surface area contributed by atoms with Crippen LogP contribution < -0.4 is 5.32 Å². The average molecular weight is 145 g/mol. The Labute approximate surface area is 62.0 Å². The minimum Gasteiger partial charge on any atom is -0.285 e. The van der Waals surface area contributed by atoms with Crippen molar-refractivity contribution in [2.45, 2.75) is 44.8 Å². The van der Waals surface area contributed by atoms with Gasteiger partial charge in [0.2, 0.25) is 0 Å². The van der Waals surface area contributed by atoms with Crippen LogP contribution in [0, 0.1) is 0 Å². The predicted molar refractivity (Wildman–Crippen MR) is 40.6 cm³/mol. The number of hydrogen-bond donors (Lipinski definition) is 1. The summed E-state index contributed by atoms with van der Waals surface area (Å²) in [5.74, 6) is -0.951. The first-order valence-corrected chi connectivity index (χ1v) is 4.21. The highest BCUT2D eigenvalue weighted by Crippen LogP contribution is 2.36. The molecule has 60 valence electrons. The Morgan fingerprint density at radius 2 is 2.10 bits per heavy atom. The van der Waals surface area contributed by atoms with Gasteiger partial charge in [-0.2, -0.15) is 0 Å². The summed E-state index contributed by atoms with van der Waals surface area (Å²) in [6.45, 7) is 3.01. The first kappa shape index (κ1) is 7.99. The van der Waals surface area contributed by atoms with E-state index in [1.54, 1.807) is 0 Å². The minimum atomic E-state index is -0.951. The number of rotatable bonds is 5. The van der Waals surface area contributed by atoms with Crippen LogP contribution in [0.2, 0.25) is 0 Å². The van der Waals surface area contributed by atoms with Gasteiger partial charge < -0.3 is 0 Å². The van der Waals surface area contributed by atoms with Gasteiger partial charge in [0.25, 0.3) is 0 Å². The largest absolute Gasteiger partial charge is 0.285 e. The topological polar surface area (TPSA) is 12.0 Å². The van der Waals surface area contributed by atoms with Crippen molar-refractivity contribution in [1.82, 2.24) is 5.32 Å². The number of alkyl halides is 1. The second-order valence-corrected chi connectivity index (χ2v) is 3.10. The van der Waals surface area contributed by atoms with Crippen molar-refractivity contribution in [2.24, 2.45) is 0 Å². The second-order valence-electron chi connectivity index (χ2n) is 3.10. The fourth-order valence-electron chi connectivity index (χ4n) is 0.974. The molecule has 0 bridgehead atoms. The summed E-state index contributed by atoms with van der Waals surface area (Å²) in [5.41, 5.74) is 0. The lowest BCUT2D eigenvalue weighted by Crippen LogP contribution is -2.27. The summed E-state index contributed by atoms with van der Waals surface area (Å²) in [5, 5.41) is 2.90. The maximum absolute atomic E-state index is 12.8. The van der Waals surface area contributed by atoms with Gasteiger partial charge in [0, 0.05) is 0 Å². The van der Waals surface area contributed by atoms with Crippen molar-refractivity contribution in [3.05, 3.63) is 0 Å². The molecule has 0 aromatic carbocycles. The maximum Gasteiger partial charge on any atom is 0.162 e. The first-order chi connectivity index (χ1) is 4.77. The molecule has 2 heteroatoms. The third-order valence-corrected chi connectivity index (χ3v) is 1.91. The van der Waals surface area contributed by atoms with Gasteiger partial charge in [-0.25, -0.2) is 4.39 Å². The third kappa shape index (κ3) is 2.65. The minimum absolute atomic E-state index is 0.721. The van der Waals surface area contributed by atoms with Crippen molar-refractivity contribution in [3.63, 3.8) is 0 Å². The van der Waals surface area contributed by atoms with E-state index in [-0.39, 0.29) is 0 Å². The molecule has 0 saturated heterocycles. The molecule has 1 rings (SSSR count). The van der Waals surface area contributed by atoms with E-state index < -0.39 is 5.79 Å². The molecule has 0 aliphatic heterocycles. The highest BCUT2D eigenvalue weighted by Gasteiger charge is 2.42. The highest BCUT2D eigenvalue weighted by atomic mass is 19.1. The lowest BCUT2D eigenvalue weighted by Gasteiger charge is -2.06. The molecule has 0 heterocycles. The Bertz CT molecular complexity index is 99.4. The summed E-state index contributed by atoms with van der Waals surface area (Å²) in [7, 11) is 0. The number of hydrogen-bond acceptors (Lipinski definition) is 1. The van der Waals surface area contributed by atoms with E-state index in [2.05, 4.69) is 12.2 Å². The highest BCUT2D eigenvalue weighted by molar-refractivity contribution is 4.90. The maximum atomic E-state index is 12.8. The van der Waals surface area contributed by atoms with Crippen molar-refractivity contribution in [1.29, 1.82) is 0 Å². The van der Waals surface area contributed by atoms with Crippen LogP contribution in [0.25, 0.3) is 0 Å². The van der Waals surface area contributed by atoms with Gasteiger partial charge in [0.15, 0.2) is 5.79 Å². The van der Waals surface area contributed by atoms with E-state index in [0.717, 1.165) is 25.8 Å². The number of halogens is 1. The Kier molecular flexibility index (Phi) is 2.66. The molecule has 0 aromatic rings. The lowest BCUT2D eigenvalue weighted by atomic mass is 10.2. The summed E-state index contributed by atoms with van der Waals surface area (Å²) >= 11 is 0. The molecule has 1 aliphatic rings.